The number of hydrogen-bond donors (Lipinski definition) is 2. The first-order valence-corrected chi connectivity index (χ1v) is 15.5. The maximum atomic E-state index is 9.83. The minimum atomic E-state index is -0.309. The van der Waals surface area contributed by atoms with E-state index in [9.17, 15) is 5.26 Å². The lowest BCUT2D eigenvalue weighted by Crippen LogP contribution is -2.39. The highest BCUT2D eigenvalue weighted by Crippen LogP contribution is 2.36. The first kappa shape index (κ1) is 35.0. The first-order valence-electron chi connectivity index (χ1n) is 15.5. The van der Waals surface area contributed by atoms with Gasteiger partial charge in [-0.05, 0) is 64.5 Å². The van der Waals surface area contributed by atoms with E-state index in [4.69, 9.17) is 19.3 Å². The zero-order valence-electron chi connectivity index (χ0n) is 27.2. The molecule has 0 saturated carbocycles. The molecular weight excluding hydrogens is 526 g/mol. The molecule has 232 valence electrons. The average Bonchev–Trinajstić information content (AvgIpc) is 3.17. The summed E-state index contributed by atoms with van der Waals surface area (Å²) >= 11 is 0. The summed E-state index contributed by atoms with van der Waals surface area (Å²) in [4.78, 5) is 15.0. The summed E-state index contributed by atoms with van der Waals surface area (Å²) < 4.78 is 12.5. The van der Waals surface area contributed by atoms with Gasteiger partial charge in [-0.25, -0.2) is 0 Å². The number of rotatable bonds is 17. The van der Waals surface area contributed by atoms with E-state index in [-0.39, 0.29) is 35.9 Å². The molecule has 8 nitrogen and oxygen atoms in total. The smallest absolute Gasteiger partial charge is 0.110 e. The minimum Gasteiger partial charge on any atom is -0.496 e. The van der Waals surface area contributed by atoms with Crippen molar-refractivity contribution < 1.29 is 14.3 Å². The van der Waals surface area contributed by atoms with Crippen LogP contribution in [0, 0.1) is 35.0 Å². The molecule has 2 aliphatic rings. The van der Waals surface area contributed by atoms with Crippen LogP contribution in [-0.4, -0.2) is 50.4 Å². The van der Waals surface area contributed by atoms with Crippen molar-refractivity contribution in [2.24, 2.45) is 33.7 Å². The highest BCUT2D eigenvalue weighted by atomic mass is 16.6. The number of hydroxylamine groups is 1. The lowest BCUT2D eigenvalue weighted by molar-refractivity contribution is 0.00971. The molecule has 1 aliphatic heterocycles. The second kappa shape index (κ2) is 17.7. The van der Waals surface area contributed by atoms with Crippen LogP contribution in [0.2, 0.25) is 0 Å². The molecule has 2 N–H and O–H groups in total. The van der Waals surface area contributed by atoms with Gasteiger partial charge in [0.1, 0.15) is 18.8 Å². The third kappa shape index (κ3) is 8.92. The van der Waals surface area contributed by atoms with Gasteiger partial charge in [0, 0.05) is 41.8 Å². The molecule has 1 heterocycles. The lowest BCUT2D eigenvalue weighted by Gasteiger charge is -2.35. The maximum Gasteiger partial charge on any atom is 0.110 e. The molecule has 7 atom stereocenters. The highest BCUT2D eigenvalue weighted by molar-refractivity contribution is 5.85. The van der Waals surface area contributed by atoms with E-state index in [0.29, 0.717) is 31.3 Å². The monoisotopic (exact) mass is 579 g/mol. The summed E-state index contributed by atoms with van der Waals surface area (Å²) in [6.45, 7) is 24.8. The van der Waals surface area contributed by atoms with Crippen molar-refractivity contribution in [2.75, 3.05) is 19.8 Å². The summed E-state index contributed by atoms with van der Waals surface area (Å²) in [7, 11) is 0. The van der Waals surface area contributed by atoms with Gasteiger partial charge >= 0.3 is 0 Å². The molecule has 0 radical (unpaired) electrons. The van der Waals surface area contributed by atoms with Crippen LogP contribution >= 0.6 is 0 Å². The number of nitriles is 1. The molecule has 8 heteroatoms. The third-order valence-electron chi connectivity index (χ3n) is 8.28. The standard InChI is InChI=1S/C34H53N5O3/c1-11-22(7)31(36-14-4)21-41-32(13-3)27(12-2)23(8)25(10)38-29-17-26(19-35)20-37-33-24(9)34(40-15-5)30(18-28(29)33)39-42-16-6/h13-14,17-18,20,22-24,27,29,31,34,38-39H,10-12,15-16,21H2,1-9H3/b32-13+,36-14?. The molecule has 2 rings (SSSR count). The molecule has 0 amide bonds. The molecule has 0 aromatic carbocycles. The Kier molecular flexibility index (Phi) is 14.8. The van der Waals surface area contributed by atoms with E-state index >= 15 is 0 Å². The van der Waals surface area contributed by atoms with Crippen LogP contribution in [-0.2, 0) is 14.3 Å². The summed E-state index contributed by atoms with van der Waals surface area (Å²) in [5.74, 6) is 1.53. The SMILES string of the molecule is C=C(NC1C=C(C#N)C=NC2=C1C=C(NOCC)C(OCC)C2C)C(C)C(CC)/C(=C\C)OCC(N=CC)C(C)CC. The van der Waals surface area contributed by atoms with Gasteiger partial charge in [-0.2, -0.15) is 5.26 Å². The Balaban J connectivity index is 2.36. The van der Waals surface area contributed by atoms with Crippen molar-refractivity contribution in [3.05, 3.63) is 58.8 Å². The Morgan fingerprint density at radius 3 is 2.50 bits per heavy atom. The minimum absolute atomic E-state index is 0.0544. The van der Waals surface area contributed by atoms with E-state index in [1.165, 1.54) is 0 Å². The molecule has 42 heavy (non-hydrogen) atoms. The quantitative estimate of drug-likeness (QED) is 0.111. The third-order valence-corrected chi connectivity index (χ3v) is 8.28. The van der Waals surface area contributed by atoms with Crippen molar-refractivity contribution in [3.63, 3.8) is 0 Å². The van der Waals surface area contributed by atoms with Crippen molar-refractivity contribution in [2.45, 2.75) is 93.3 Å². The zero-order chi connectivity index (χ0) is 31.2. The lowest BCUT2D eigenvalue weighted by atomic mass is 9.84. The fourth-order valence-electron chi connectivity index (χ4n) is 5.51. The van der Waals surface area contributed by atoms with Crippen molar-refractivity contribution in [1.29, 1.82) is 5.26 Å². The van der Waals surface area contributed by atoms with E-state index in [1.54, 1.807) is 6.21 Å². The largest absolute Gasteiger partial charge is 0.496 e. The summed E-state index contributed by atoms with van der Waals surface area (Å²) in [5, 5.41) is 13.5. The number of allylic oxidation sites excluding steroid dienone is 4. The van der Waals surface area contributed by atoms with Crippen LogP contribution < -0.4 is 10.8 Å². The Hall–Kier alpha value is -3.15. The van der Waals surface area contributed by atoms with E-state index < -0.39 is 0 Å². The van der Waals surface area contributed by atoms with Gasteiger partial charge < -0.3 is 14.8 Å². The topological polar surface area (TPSA) is 100 Å². The molecule has 7 unspecified atom stereocenters. The fourth-order valence-corrected chi connectivity index (χ4v) is 5.51. The van der Waals surface area contributed by atoms with Crippen LogP contribution in [0.15, 0.2) is 68.8 Å². The molecule has 0 bridgehead atoms. The van der Waals surface area contributed by atoms with Gasteiger partial charge in [-0.1, -0.05) is 47.6 Å². The zero-order valence-corrected chi connectivity index (χ0v) is 27.2. The first-order chi connectivity index (χ1) is 20.2. The summed E-state index contributed by atoms with van der Waals surface area (Å²) in [6.07, 6.45) is 11.2. The average molecular weight is 580 g/mol. The number of nitrogens with zero attached hydrogens (tertiary/aromatic N) is 3. The van der Waals surface area contributed by atoms with Gasteiger partial charge in [-0.15, -0.1) is 0 Å². The molecule has 1 aliphatic carbocycles. The van der Waals surface area contributed by atoms with Gasteiger partial charge in [-0.3, -0.25) is 20.3 Å². The molecular formula is C34H53N5O3. The van der Waals surface area contributed by atoms with Gasteiger partial charge in [0.05, 0.1) is 41.4 Å². The number of ether oxygens (including phenoxy) is 2. The van der Waals surface area contributed by atoms with E-state index in [1.807, 2.05) is 46.1 Å². The number of hydrogen-bond acceptors (Lipinski definition) is 8. The second-order valence-corrected chi connectivity index (χ2v) is 10.9. The molecule has 0 aromatic heterocycles. The van der Waals surface area contributed by atoms with E-state index in [2.05, 4.69) is 69.1 Å². The second-order valence-electron chi connectivity index (χ2n) is 10.9. The maximum absolute atomic E-state index is 9.83. The Morgan fingerprint density at radius 1 is 1.19 bits per heavy atom. The molecule has 0 spiro atoms. The predicted octanol–water partition coefficient (Wildman–Crippen LogP) is 6.81. The normalized spacial score (nSPS) is 23.6. The van der Waals surface area contributed by atoms with Crippen molar-refractivity contribution in [3.8, 4) is 6.07 Å². The van der Waals surface area contributed by atoms with Gasteiger partial charge in [0.2, 0.25) is 0 Å². The van der Waals surface area contributed by atoms with Crippen molar-refractivity contribution >= 4 is 12.4 Å². The molecule has 0 aromatic rings. The van der Waals surface area contributed by atoms with Crippen LogP contribution in [0.4, 0.5) is 0 Å². The Morgan fingerprint density at radius 2 is 1.93 bits per heavy atom. The fraction of sp³-hybridized carbons (Fsp3) is 0.618. The highest BCUT2D eigenvalue weighted by Gasteiger charge is 2.35. The van der Waals surface area contributed by atoms with Crippen LogP contribution in [0.3, 0.4) is 0 Å². The number of aliphatic imine (C=N–C) groups is 2. The van der Waals surface area contributed by atoms with Crippen molar-refractivity contribution in [1.82, 2.24) is 10.8 Å². The Labute approximate surface area is 254 Å². The Bertz CT molecular complexity index is 1130. The summed E-state index contributed by atoms with van der Waals surface area (Å²) in [6, 6.07) is 2.09. The van der Waals surface area contributed by atoms with Crippen LogP contribution in [0.1, 0.15) is 75.2 Å². The molecule has 0 saturated heterocycles. The number of nitrogens with one attached hydrogen (secondary N) is 2. The molecule has 0 fully saturated rings. The van der Waals surface area contributed by atoms with Gasteiger partial charge in [0.25, 0.3) is 0 Å². The summed E-state index contributed by atoms with van der Waals surface area (Å²) in [5.41, 5.74) is 7.12. The van der Waals surface area contributed by atoms with Crippen LogP contribution in [0.5, 0.6) is 0 Å². The predicted molar refractivity (Wildman–Crippen MR) is 173 cm³/mol. The van der Waals surface area contributed by atoms with E-state index in [0.717, 1.165) is 41.3 Å². The van der Waals surface area contributed by atoms with Crippen LogP contribution in [0.25, 0.3) is 0 Å². The van der Waals surface area contributed by atoms with Gasteiger partial charge in [0.15, 0.2) is 0 Å².